The van der Waals surface area contributed by atoms with Crippen molar-refractivity contribution in [2.24, 2.45) is 20.0 Å². The number of carbonyl (C=O) groups is 3. The van der Waals surface area contributed by atoms with Crippen molar-refractivity contribution in [2.45, 2.75) is 25.1 Å². The molecule has 2 heterocycles. The van der Waals surface area contributed by atoms with Crippen molar-refractivity contribution in [1.82, 2.24) is 19.4 Å². The fourth-order valence-electron chi connectivity index (χ4n) is 5.40. The topological polar surface area (TPSA) is 120 Å². The van der Waals surface area contributed by atoms with E-state index >= 15 is 0 Å². The number of urea groups is 1. The quantitative estimate of drug-likeness (QED) is 0.320. The van der Waals surface area contributed by atoms with E-state index in [1.165, 1.54) is 32.4 Å². The van der Waals surface area contributed by atoms with Gasteiger partial charge in [0, 0.05) is 26.3 Å². The van der Waals surface area contributed by atoms with Crippen LogP contribution in [0.15, 0.2) is 41.2 Å². The average molecular weight is 526 g/mol. The van der Waals surface area contributed by atoms with Gasteiger partial charge in [-0.3, -0.25) is 33.8 Å². The summed E-state index contributed by atoms with van der Waals surface area (Å²) in [5, 5.41) is 10.9. The van der Waals surface area contributed by atoms with Gasteiger partial charge in [-0.15, -0.1) is 0 Å². The van der Waals surface area contributed by atoms with Gasteiger partial charge in [-0.25, -0.2) is 9.59 Å². The normalized spacial score (nSPS) is 19.6. The molecular formula is C25H21F3N6O4. The summed E-state index contributed by atoms with van der Waals surface area (Å²) in [6.45, 7) is -0.393. The Hall–Kier alpha value is -4.60. The lowest BCUT2D eigenvalue weighted by molar-refractivity contribution is -0.141. The second-order valence-corrected chi connectivity index (χ2v) is 9.25. The number of carbonyl (C=O) groups excluding carboxylic acids is 3. The van der Waals surface area contributed by atoms with Gasteiger partial charge in [0.2, 0.25) is 11.8 Å². The largest absolute Gasteiger partial charge is 0.416 e. The molecule has 0 saturated carbocycles. The summed E-state index contributed by atoms with van der Waals surface area (Å²) in [5.41, 5.74) is 0.407. The molecule has 3 aromatic rings. The number of anilines is 1. The van der Waals surface area contributed by atoms with Crippen molar-refractivity contribution in [3.8, 4) is 6.19 Å². The Labute approximate surface area is 213 Å². The average Bonchev–Trinajstić information content (AvgIpc) is 3.38. The van der Waals surface area contributed by atoms with Gasteiger partial charge in [-0.1, -0.05) is 12.1 Å². The molecule has 196 valence electrons. The summed E-state index contributed by atoms with van der Waals surface area (Å²) in [7, 11) is 3.14. The molecule has 0 spiro atoms. The van der Waals surface area contributed by atoms with Gasteiger partial charge in [-0.05, 0) is 48.2 Å². The molecule has 0 bridgehead atoms. The van der Waals surface area contributed by atoms with Crippen LogP contribution in [0.25, 0.3) is 11.0 Å². The minimum absolute atomic E-state index is 0.00135. The van der Waals surface area contributed by atoms with Gasteiger partial charge in [0.15, 0.2) is 6.19 Å². The third-order valence-corrected chi connectivity index (χ3v) is 7.26. The smallest absolute Gasteiger partial charge is 0.295 e. The molecule has 10 nitrogen and oxygen atoms in total. The number of imidazole rings is 1. The molecule has 1 aliphatic heterocycles. The van der Waals surface area contributed by atoms with Gasteiger partial charge >= 0.3 is 17.9 Å². The Morgan fingerprint density at radius 3 is 2.47 bits per heavy atom. The molecule has 4 amide bonds. The third kappa shape index (κ3) is 3.71. The number of amides is 4. The standard InChI is InChI=1S/C25H21F3N6O4/c1-31-19-8-6-13(10-20(19)32(2)23(31)37)33-11-16(21(35)30-12-29)22(36)34(24(33)38)18-9-7-14-15(18)4-3-5-17(14)25(26,27)28/h3-6,8,10,16,18H,7,9,11H2,1-2H3,(H,30,35). The zero-order valence-corrected chi connectivity index (χ0v) is 20.2. The number of benzene rings is 2. The Kier molecular flexibility index (Phi) is 5.78. The van der Waals surface area contributed by atoms with Gasteiger partial charge in [0.1, 0.15) is 5.92 Å². The fourth-order valence-corrected chi connectivity index (χ4v) is 5.40. The molecule has 13 heteroatoms. The molecule has 1 fully saturated rings. The van der Waals surface area contributed by atoms with E-state index in [2.05, 4.69) is 0 Å². The monoisotopic (exact) mass is 526 g/mol. The number of hydrogen-bond donors (Lipinski definition) is 1. The maximum absolute atomic E-state index is 13.8. The molecule has 1 saturated heterocycles. The molecule has 2 aliphatic rings. The number of fused-ring (bicyclic) bond motifs is 2. The number of hydrogen-bond acceptors (Lipinski definition) is 5. The van der Waals surface area contributed by atoms with Crippen molar-refractivity contribution in [1.29, 1.82) is 5.26 Å². The first-order valence-corrected chi connectivity index (χ1v) is 11.6. The van der Waals surface area contributed by atoms with Crippen LogP contribution >= 0.6 is 0 Å². The minimum atomic E-state index is -4.61. The SMILES string of the molecule is Cn1c(=O)n(C)c2cc(N3CC(C(=O)NC#N)C(=O)N(C4CCc5c4cccc5C(F)(F)F)C3=O)ccc21. The number of nitrogens with one attached hydrogen (secondary N) is 1. The Bertz CT molecular complexity index is 1620. The van der Waals surface area contributed by atoms with Crippen LogP contribution in [0.4, 0.5) is 23.7 Å². The first-order valence-electron chi connectivity index (χ1n) is 11.6. The summed E-state index contributed by atoms with van der Waals surface area (Å²) in [6.07, 6.45) is -3.10. The number of rotatable bonds is 3. The molecule has 0 radical (unpaired) electrons. The number of nitrogens with zero attached hydrogens (tertiary/aromatic N) is 5. The van der Waals surface area contributed by atoms with Crippen LogP contribution in [0.2, 0.25) is 0 Å². The van der Waals surface area contributed by atoms with E-state index in [4.69, 9.17) is 5.26 Å². The van der Waals surface area contributed by atoms with Crippen molar-refractivity contribution >= 4 is 34.6 Å². The van der Waals surface area contributed by atoms with Crippen LogP contribution in [-0.4, -0.2) is 38.4 Å². The highest BCUT2D eigenvalue weighted by Crippen LogP contribution is 2.44. The summed E-state index contributed by atoms with van der Waals surface area (Å²) in [6, 6.07) is 6.51. The van der Waals surface area contributed by atoms with E-state index in [0.717, 1.165) is 11.0 Å². The predicted molar refractivity (Wildman–Crippen MR) is 127 cm³/mol. The maximum atomic E-state index is 13.8. The lowest BCUT2D eigenvalue weighted by Crippen LogP contribution is -2.60. The maximum Gasteiger partial charge on any atom is 0.416 e. The molecule has 1 aliphatic carbocycles. The van der Waals surface area contributed by atoms with Crippen LogP contribution in [-0.2, 0) is 36.3 Å². The number of imide groups is 1. The van der Waals surface area contributed by atoms with Crippen LogP contribution < -0.4 is 15.9 Å². The van der Waals surface area contributed by atoms with E-state index in [9.17, 15) is 32.3 Å². The fraction of sp³-hybridized carbons (Fsp3) is 0.320. The highest BCUT2D eigenvalue weighted by atomic mass is 19.4. The first kappa shape index (κ1) is 25.1. The number of alkyl halides is 3. The molecule has 38 heavy (non-hydrogen) atoms. The lowest BCUT2D eigenvalue weighted by atomic mass is 9.98. The van der Waals surface area contributed by atoms with E-state index in [-0.39, 0.29) is 35.3 Å². The third-order valence-electron chi connectivity index (χ3n) is 7.26. The van der Waals surface area contributed by atoms with Crippen molar-refractivity contribution < 1.29 is 27.6 Å². The summed E-state index contributed by atoms with van der Waals surface area (Å²) in [4.78, 5) is 54.3. The van der Waals surface area contributed by atoms with Crippen LogP contribution in [0, 0.1) is 17.4 Å². The van der Waals surface area contributed by atoms with E-state index in [1.54, 1.807) is 32.3 Å². The van der Waals surface area contributed by atoms with Crippen LogP contribution in [0.3, 0.4) is 0 Å². The Balaban J connectivity index is 1.61. The van der Waals surface area contributed by atoms with Gasteiger partial charge < -0.3 is 0 Å². The van der Waals surface area contributed by atoms with Crippen molar-refractivity contribution in [3.63, 3.8) is 0 Å². The van der Waals surface area contributed by atoms with Gasteiger partial charge in [-0.2, -0.15) is 18.4 Å². The van der Waals surface area contributed by atoms with E-state index in [1.807, 2.05) is 5.32 Å². The molecule has 2 atom stereocenters. The van der Waals surface area contributed by atoms with Gasteiger partial charge in [0.25, 0.3) is 0 Å². The number of aryl methyl sites for hydroxylation is 2. The van der Waals surface area contributed by atoms with Crippen molar-refractivity contribution in [2.75, 3.05) is 11.4 Å². The highest BCUT2D eigenvalue weighted by Gasteiger charge is 2.49. The molecule has 2 unspecified atom stereocenters. The zero-order chi connectivity index (χ0) is 27.5. The highest BCUT2D eigenvalue weighted by molar-refractivity contribution is 6.14. The number of halogens is 3. The second-order valence-electron chi connectivity index (χ2n) is 9.25. The van der Waals surface area contributed by atoms with E-state index < -0.39 is 48.1 Å². The van der Waals surface area contributed by atoms with Crippen LogP contribution in [0.1, 0.15) is 29.2 Å². The zero-order valence-electron chi connectivity index (χ0n) is 20.2. The Morgan fingerprint density at radius 2 is 1.79 bits per heavy atom. The molecular weight excluding hydrogens is 505 g/mol. The van der Waals surface area contributed by atoms with Crippen LogP contribution in [0.5, 0.6) is 0 Å². The first-order chi connectivity index (χ1) is 18.0. The van der Waals surface area contributed by atoms with Crippen molar-refractivity contribution in [3.05, 3.63) is 63.6 Å². The molecule has 1 N–H and O–H groups in total. The molecule has 5 rings (SSSR count). The van der Waals surface area contributed by atoms with E-state index in [0.29, 0.717) is 11.0 Å². The second kappa shape index (κ2) is 8.76. The minimum Gasteiger partial charge on any atom is -0.295 e. The lowest BCUT2D eigenvalue weighted by Gasteiger charge is -2.40. The van der Waals surface area contributed by atoms with Gasteiger partial charge in [0.05, 0.1) is 22.6 Å². The summed E-state index contributed by atoms with van der Waals surface area (Å²) < 4.78 is 43.7. The number of nitriles is 1. The predicted octanol–water partition coefficient (Wildman–Crippen LogP) is 2.57. The summed E-state index contributed by atoms with van der Waals surface area (Å²) >= 11 is 0. The molecule has 1 aromatic heterocycles. The molecule has 2 aromatic carbocycles. The Morgan fingerprint density at radius 1 is 1.08 bits per heavy atom. The number of aromatic nitrogens is 2. The summed E-state index contributed by atoms with van der Waals surface area (Å²) in [5.74, 6) is -3.31.